The molecule has 100 valence electrons. The summed E-state index contributed by atoms with van der Waals surface area (Å²) in [5.74, 6) is 1.21. The number of aliphatic hydroxyl groups is 1. The number of nitrogens with two attached hydrogens (primary N) is 1. The van der Waals surface area contributed by atoms with Gasteiger partial charge < -0.3 is 15.6 Å². The molecule has 1 aromatic carbocycles. The van der Waals surface area contributed by atoms with Crippen LogP contribution in [0.5, 0.6) is 5.75 Å². The van der Waals surface area contributed by atoms with Gasteiger partial charge in [0, 0.05) is 25.3 Å². The fraction of sp³-hybridized carbons (Fsp3) is 0.571. The van der Waals surface area contributed by atoms with E-state index in [2.05, 4.69) is 11.8 Å². The molecule has 0 radical (unpaired) electrons. The van der Waals surface area contributed by atoms with E-state index in [-0.39, 0.29) is 6.10 Å². The van der Waals surface area contributed by atoms with Crippen molar-refractivity contribution < 1.29 is 9.84 Å². The third-order valence-electron chi connectivity index (χ3n) is 3.50. The first-order valence-corrected chi connectivity index (χ1v) is 6.54. The van der Waals surface area contributed by atoms with E-state index in [1.54, 1.807) is 0 Å². The Balaban J connectivity index is 1.71. The van der Waals surface area contributed by atoms with Gasteiger partial charge in [-0.2, -0.15) is 0 Å². The number of benzene rings is 1. The van der Waals surface area contributed by atoms with E-state index in [0.29, 0.717) is 12.5 Å². The minimum Gasteiger partial charge on any atom is -0.492 e. The average molecular weight is 250 g/mol. The summed E-state index contributed by atoms with van der Waals surface area (Å²) in [6.07, 6.45) is 0.725. The van der Waals surface area contributed by atoms with E-state index in [0.717, 1.165) is 37.5 Å². The van der Waals surface area contributed by atoms with Gasteiger partial charge in [0.1, 0.15) is 12.4 Å². The molecule has 3 N–H and O–H groups in total. The number of anilines is 1. The zero-order chi connectivity index (χ0) is 13.0. The zero-order valence-electron chi connectivity index (χ0n) is 10.9. The van der Waals surface area contributed by atoms with Gasteiger partial charge in [0.15, 0.2) is 0 Å². The van der Waals surface area contributed by atoms with Crippen molar-refractivity contribution in [3.63, 3.8) is 0 Å². The van der Waals surface area contributed by atoms with Crippen LogP contribution in [0.15, 0.2) is 24.3 Å². The second-order valence-corrected chi connectivity index (χ2v) is 5.05. The minimum absolute atomic E-state index is 0.140. The van der Waals surface area contributed by atoms with Crippen LogP contribution in [0, 0.1) is 5.92 Å². The van der Waals surface area contributed by atoms with Gasteiger partial charge in [-0.05, 0) is 36.6 Å². The number of piperidine rings is 1. The maximum absolute atomic E-state index is 9.66. The molecule has 0 amide bonds. The molecule has 1 aliphatic heterocycles. The molecule has 2 atom stereocenters. The maximum atomic E-state index is 9.66. The highest BCUT2D eigenvalue weighted by atomic mass is 16.5. The molecule has 4 heteroatoms. The summed E-state index contributed by atoms with van der Waals surface area (Å²) in [6.45, 7) is 5.58. The van der Waals surface area contributed by atoms with Crippen molar-refractivity contribution in [3.05, 3.63) is 24.3 Å². The van der Waals surface area contributed by atoms with Gasteiger partial charge in [0.05, 0.1) is 6.10 Å². The molecule has 4 nitrogen and oxygen atoms in total. The largest absolute Gasteiger partial charge is 0.492 e. The molecule has 0 aromatic heterocycles. The molecular weight excluding hydrogens is 228 g/mol. The van der Waals surface area contributed by atoms with Gasteiger partial charge in [0.2, 0.25) is 0 Å². The van der Waals surface area contributed by atoms with Gasteiger partial charge in [-0.15, -0.1) is 0 Å². The van der Waals surface area contributed by atoms with Crippen LogP contribution in [0.2, 0.25) is 0 Å². The molecule has 18 heavy (non-hydrogen) atoms. The Labute approximate surface area is 108 Å². The van der Waals surface area contributed by atoms with E-state index in [1.165, 1.54) is 0 Å². The quantitative estimate of drug-likeness (QED) is 0.792. The molecule has 1 aromatic rings. The number of ether oxygens (including phenoxy) is 1. The number of nitrogen functional groups attached to an aromatic ring is 1. The lowest BCUT2D eigenvalue weighted by Crippen LogP contribution is -2.43. The Bertz CT molecular complexity index is 367. The second kappa shape index (κ2) is 6.07. The van der Waals surface area contributed by atoms with Crippen molar-refractivity contribution in [2.75, 3.05) is 32.0 Å². The molecule has 1 heterocycles. The molecule has 1 saturated heterocycles. The second-order valence-electron chi connectivity index (χ2n) is 5.05. The lowest BCUT2D eigenvalue weighted by Gasteiger charge is -2.34. The predicted octanol–water partition coefficient (Wildman–Crippen LogP) is 1.35. The Morgan fingerprint density at radius 3 is 2.78 bits per heavy atom. The number of rotatable bonds is 4. The maximum Gasteiger partial charge on any atom is 0.119 e. The monoisotopic (exact) mass is 250 g/mol. The highest BCUT2D eigenvalue weighted by Crippen LogP contribution is 2.17. The van der Waals surface area contributed by atoms with Crippen molar-refractivity contribution in [2.24, 2.45) is 5.92 Å². The van der Waals surface area contributed by atoms with Gasteiger partial charge in [-0.25, -0.2) is 0 Å². The highest BCUT2D eigenvalue weighted by Gasteiger charge is 2.23. The van der Waals surface area contributed by atoms with E-state index < -0.39 is 0 Å². The first-order valence-electron chi connectivity index (χ1n) is 6.54. The normalized spacial score (nSPS) is 25.0. The third kappa shape index (κ3) is 3.62. The van der Waals surface area contributed by atoms with Gasteiger partial charge >= 0.3 is 0 Å². The van der Waals surface area contributed by atoms with Crippen molar-refractivity contribution in [1.82, 2.24) is 4.90 Å². The molecule has 1 aliphatic rings. The fourth-order valence-electron chi connectivity index (χ4n) is 2.28. The van der Waals surface area contributed by atoms with E-state index in [4.69, 9.17) is 10.5 Å². The predicted molar refractivity (Wildman–Crippen MR) is 72.6 cm³/mol. The fourth-order valence-corrected chi connectivity index (χ4v) is 2.28. The molecule has 0 spiro atoms. The topological polar surface area (TPSA) is 58.7 Å². The van der Waals surface area contributed by atoms with E-state index in [1.807, 2.05) is 24.3 Å². The SMILES string of the molecule is CC1CN(CCOc2ccc(N)cc2)CCC1O. The van der Waals surface area contributed by atoms with Crippen LogP contribution in [0.25, 0.3) is 0 Å². The number of hydrogen-bond acceptors (Lipinski definition) is 4. The van der Waals surface area contributed by atoms with Crippen molar-refractivity contribution in [1.29, 1.82) is 0 Å². The number of aliphatic hydroxyl groups excluding tert-OH is 1. The van der Waals surface area contributed by atoms with Crippen molar-refractivity contribution in [2.45, 2.75) is 19.4 Å². The minimum atomic E-state index is -0.140. The molecule has 1 fully saturated rings. The van der Waals surface area contributed by atoms with Crippen LogP contribution < -0.4 is 10.5 Å². The summed E-state index contributed by atoms with van der Waals surface area (Å²) >= 11 is 0. The Hall–Kier alpha value is -1.26. The summed E-state index contributed by atoms with van der Waals surface area (Å²) in [5, 5.41) is 9.66. The van der Waals surface area contributed by atoms with Gasteiger partial charge in [-0.3, -0.25) is 4.90 Å². The van der Waals surface area contributed by atoms with Crippen LogP contribution in [0.1, 0.15) is 13.3 Å². The summed E-state index contributed by atoms with van der Waals surface area (Å²) in [5.41, 5.74) is 6.36. The number of nitrogens with zero attached hydrogens (tertiary/aromatic N) is 1. The molecule has 0 saturated carbocycles. The summed E-state index contributed by atoms with van der Waals surface area (Å²) < 4.78 is 5.67. The standard InChI is InChI=1S/C14H22N2O2/c1-11-10-16(7-6-14(11)17)8-9-18-13-4-2-12(15)3-5-13/h2-5,11,14,17H,6-10,15H2,1H3. The molecular formula is C14H22N2O2. The Kier molecular flexibility index (Phi) is 4.44. The lowest BCUT2D eigenvalue weighted by atomic mass is 9.97. The molecule has 0 bridgehead atoms. The Morgan fingerprint density at radius 2 is 2.11 bits per heavy atom. The van der Waals surface area contributed by atoms with Crippen LogP contribution >= 0.6 is 0 Å². The van der Waals surface area contributed by atoms with Crippen LogP contribution in [-0.2, 0) is 0 Å². The average Bonchev–Trinajstić information content (AvgIpc) is 2.36. The molecule has 0 aliphatic carbocycles. The highest BCUT2D eigenvalue weighted by molar-refractivity contribution is 5.41. The van der Waals surface area contributed by atoms with Crippen LogP contribution in [-0.4, -0.2) is 42.4 Å². The third-order valence-corrected chi connectivity index (χ3v) is 3.50. The van der Waals surface area contributed by atoms with Crippen molar-refractivity contribution in [3.8, 4) is 5.75 Å². The number of likely N-dealkylation sites (tertiary alicyclic amines) is 1. The van der Waals surface area contributed by atoms with E-state index in [9.17, 15) is 5.11 Å². The lowest BCUT2D eigenvalue weighted by molar-refractivity contribution is 0.0304. The molecule has 2 rings (SSSR count). The van der Waals surface area contributed by atoms with Crippen molar-refractivity contribution >= 4 is 5.69 Å². The first kappa shape index (κ1) is 13.2. The molecule has 2 unspecified atom stereocenters. The first-order chi connectivity index (χ1) is 8.65. The summed E-state index contributed by atoms with van der Waals surface area (Å²) in [4.78, 5) is 2.34. The van der Waals surface area contributed by atoms with Crippen LogP contribution in [0.4, 0.5) is 5.69 Å². The van der Waals surface area contributed by atoms with E-state index >= 15 is 0 Å². The van der Waals surface area contributed by atoms with Gasteiger partial charge in [0.25, 0.3) is 0 Å². The van der Waals surface area contributed by atoms with Crippen LogP contribution in [0.3, 0.4) is 0 Å². The zero-order valence-corrected chi connectivity index (χ0v) is 10.9. The van der Waals surface area contributed by atoms with Gasteiger partial charge in [-0.1, -0.05) is 6.92 Å². The smallest absolute Gasteiger partial charge is 0.119 e. The Morgan fingerprint density at radius 1 is 1.39 bits per heavy atom. The summed E-state index contributed by atoms with van der Waals surface area (Å²) in [7, 11) is 0. The number of hydrogen-bond donors (Lipinski definition) is 2. The summed E-state index contributed by atoms with van der Waals surface area (Å²) in [6, 6.07) is 7.46.